The first-order valence-electron chi connectivity index (χ1n) is 6.79. The van der Waals surface area contributed by atoms with Gasteiger partial charge in [-0.3, -0.25) is 4.79 Å². The van der Waals surface area contributed by atoms with Gasteiger partial charge >= 0.3 is 0 Å². The van der Waals surface area contributed by atoms with E-state index in [2.05, 4.69) is 5.32 Å². The number of benzene rings is 2. The number of ether oxygens (including phenoxy) is 1. The van der Waals surface area contributed by atoms with Gasteiger partial charge in [-0.15, -0.1) is 11.6 Å². The number of hydrogen-bond acceptors (Lipinski definition) is 2. The molecule has 3 nitrogen and oxygen atoms in total. The Labute approximate surface area is 129 Å². The molecule has 0 unspecified atom stereocenters. The molecule has 0 aliphatic rings. The van der Waals surface area contributed by atoms with Gasteiger partial charge in [0.25, 0.3) is 0 Å². The molecular formula is C17H18ClNO2. The van der Waals surface area contributed by atoms with Gasteiger partial charge in [-0.2, -0.15) is 0 Å². The molecule has 2 aromatic carbocycles. The summed E-state index contributed by atoms with van der Waals surface area (Å²) in [7, 11) is 1.64. The standard InChI is InChI=1S/C17H18ClNO2/c1-21-15-9-6-13(7-10-15)8-11-17(20)19-16-5-3-2-4-14(16)12-18/h2-7,9-10H,8,11-12H2,1H3,(H,19,20). The summed E-state index contributed by atoms with van der Waals surface area (Å²) < 4.78 is 5.11. The van der Waals surface area contributed by atoms with Crippen LogP contribution in [0.5, 0.6) is 5.75 Å². The predicted octanol–water partition coefficient (Wildman–Crippen LogP) is 4.01. The summed E-state index contributed by atoms with van der Waals surface area (Å²) in [6, 6.07) is 15.3. The Kier molecular flexibility index (Phi) is 5.64. The lowest BCUT2D eigenvalue weighted by Gasteiger charge is -2.09. The number of anilines is 1. The van der Waals surface area contributed by atoms with Gasteiger partial charge in [0, 0.05) is 18.0 Å². The molecule has 2 aromatic rings. The van der Waals surface area contributed by atoms with Crippen molar-refractivity contribution in [2.45, 2.75) is 18.7 Å². The molecule has 0 spiro atoms. The van der Waals surface area contributed by atoms with Crippen LogP contribution in [0.15, 0.2) is 48.5 Å². The number of hydrogen-bond donors (Lipinski definition) is 1. The second-order valence-corrected chi connectivity index (χ2v) is 4.95. The number of rotatable bonds is 6. The number of halogens is 1. The molecule has 0 bridgehead atoms. The Morgan fingerprint density at radius 2 is 1.86 bits per heavy atom. The maximum Gasteiger partial charge on any atom is 0.224 e. The van der Waals surface area contributed by atoms with E-state index < -0.39 is 0 Å². The summed E-state index contributed by atoms with van der Waals surface area (Å²) >= 11 is 5.85. The smallest absolute Gasteiger partial charge is 0.224 e. The van der Waals surface area contributed by atoms with Crippen LogP contribution < -0.4 is 10.1 Å². The van der Waals surface area contributed by atoms with E-state index in [4.69, 9.17) is 16.3 Å². The molecule has 1 N–H and O–H groups in total. The van der Waals surface area contributed by atoms with Crippen molar-refractivity contribution in [1.29, 1.82) is 0 Å². The third-order valence-electron chi connectivity index (χ3n) is 3.24. The summed E-state index contributed by atoms with van der Waals surface area (Å²) in [5, 5.41) is 2.91. The molecule has 0 fully saturated rings. The van der Waals surface area contributed by atoms with Crippen molar-refractivity contribution in [3.05, 3.63) is 59.7 Å². The van der Waals surface area contributed by atoms with Gasteiger partial charge in [0.15, 0.2) is 0 Å². The monoisotopic (exact) mass is 303 g/mol. The van der Waals surface area contributed by atoms with Gasteiger partial charge in [-0.05, 0) is 35.7 Å². The van der Waals surface area contributed by atoms with Crippen LogP contribution in [0.4, 0.5) is 5.69 Å². The molecule has 0 saturated carbocycles. The van der Waals surface area contributed by atoms with Crippen LogP contribution in [-0.4, -0.2) is 13.0 Å². The summed E-state index contributed by atoms with van der Waals surface area (Å²) in [6.07, 6.45) is 1.13. The maximum atomic E-state index is 12.0. The first kappa shape index (κ1) is 15.4. The zero-order chi connectivity index (χ0) is 15.1. The van der Waals surface area contributed by atoms with E-state index in [1.54, 1.807) is 7.11 Å². The largest absolute Gasteiger partial charge is 0.497 e. The van der Waals surface area contributed by atoms with Crippen molar-refractivity contribution in [3.63, 3.8) is 0 Å². The SMILES string of the molecule is COc1ccc(CCC(=O)Nc2ccccc2CCl)cc1. The van der Waals surface area contributed by atoms with E-state index in [1.165, 1.54) is 0 Å². The van der Waals surface area contributed by atoms with Crippen molar-refractivity contribution >= 4 is 23.2 Å². The highest BCUT2D eigenvalue weighted by Gasteiger charge is 2.06. The number of methoxy groups -OCH3 is 1. The molecule has 0 atom stereocenters. The average molecular weight is 304 g/mol. The fraction of sp³-hybridized carbons (Fsp3) is 0.235. The highest BCUT2D eigenvalue weighted by atomic mass is 35.5. The van der Waals surface area contributed by atoms with Gasteiger partial charge in [0.1, 0.15) is 5.75 Å². The van der Waals surface area contributed by atoms with Crippen molar-refractivity contribution in [1.82, 2.24) is 0 Å². The van der Waals surface area contributed by atoms with Crippen LogP contribution >= 0.6 is 11.6 Å². The van der Waals surface area contributed by atoms with Crippen LogP contribution in [0.1, 0.15) is 17.5 Å². The lowest BCUT2D eigenvalue weighted by atomic mass is 10.1. The van der Waals surface area contributed by atoms with Crippen molar-refractivity contribution in [2.24, 2.45) is 0 Å². The molecule has 0 heterocycles. The zero-order valence-electron chi connectivity index (χ0n) is 11.9. The lowest BCUT2D eigenvalue weighted by Crippen LogP contribution is -2.13. The quantitative estimate of drug-likeness (QED) is 0.819. The Morgan fingerprint density at radius 1 is 1.14 bits per heavy atom. The molecule has 0 aliphatic carbocycles. The first-order valence-corrected chi connectivity index (χ1v) is 7.33. The van der Waals surface area contributed by atoms with Gasteiger partial charge in [-0.25, -0.2) is 0 Å². The third-order valence-corrected chi connectivity index (χ3v) is 3.52. The van der Waals surface area contributed by atoms with Gasteiger partial charge in [0.2, 0.25) is 5.91 Å². The Balaban J connectivity index is 1.89. The second kappa shape index (κ2) is 7.70. The highest BCUT2D eigenvalue weighted by Crippen LogP contribution is 2.18. The predicted molar refractivity (Wildman–Crippen MR) is 85.9 cm³/mol. The maximum absolute atomic E-state index is 12.0. The van der Waals surface area contributed by atoms with E-state index >= 15 is 0 Å². The molecule has 0 aromatic heterocycles. The molecular weight excluding hydrogens is 286 g/mol. The molecule has 0 aliphatic heterocycles. The minimum absolute atomic E-state index is 0.0108. The molecule has 110 valence electrons. The fourth-order valence-corrected chi connectivity index (χ4v) is 2.25. The van der Waals surface area contributed by atoms with Crippen molar-refractivity contribution in [2.75, 3.05) is 12.4 Å². The van der Waals surface area contributed by atoms with Crippen LogP contribution in [0.3, 0.4) is 0 Å². The topological polar surface area (TPSA) is 38.3 Å². The van der Waals surface area contributed by atoms with Gasteiger partial charge in [0.05, 0.1) is 7.11 Å². The number of alkyl halides is 1. The first-order chi connectivity index (χ1) is 10.2. The normalized spacial score (nSPS) is 10.2. The number of amides is 1. The number of para-hydroxylation sites is 1. The summed E-state index contributed by atoms with van der Waals surface area (Å²) in [4.78, 5) is 12.0. The Bertz CT molecular complexity index is 596. The number of carbonyl (C=O) groups excluding carboxylic acids is 1. The van der Waals surface area contributed by atoms with Crippen molar-refractivity contribution < 1.29 is 9.53 Å². The Morgan fingerprint density at radius 3 is 2.52 bits per heavy atom. The van der Waals surface area contributed by atoms with Crippen LogP contribution in [-0.2, 0) is 17.1 Å². The molecule has 21 heavy (non-hydrogen) atoms. The van der Waals surface area contributed by atoms with E-state index in [1.807, 2.05) is 48.5 Å². The molecule has 1 amide bonds. The molecule has 0 saturated heterocycles. The van der Waals surface area contributed by atoms with Gasteiger partial charge in [-0.1, -0.05) is 30.3 Å². The Hall–Kier alpha value is -2.00. The minimum atomic E-state index is -0.0108. The van der Waals surface area contributed by atoms with Crippen molar-refractivity contribution in [3.8, 4) is 5.75 Å². The van der Waals surface area contributed by atoms with E-state index in [0.29, 0.717) is 18.7 Å². The van der Waals surface area contributed by atoms with Crippen LogP contribution in [0.25, 0.3) is 0 Å². The van der Waals surface area contributed by atoms with Gasteiger partial charge < -0.3 is 10.1 Å². The molecule has 4 heteroatoms. The van der Waals surface area contributed by atoms with E-state index in [9.17, 15) is 4.79 Å². The summed E-state index contributed by atoms with van der Waals surface area (Å²) in [5.74, 6) is 1.19. The lowest BCUT2D eigenvalue weighted by molar-refractivity contribution is -0.116. The number of aryl methyl sites for hydroxylation is 1. The zero-order valence-corrected chi connectivity index (χ0v) is 12.7. The van der Waals surface area contributed by atoms with Crippen LogP contribution in [0, 0.1) is 0 Å². The summed E-state index contributed by atoms with van der Waals surface area (Å²) in [5.41, 5.74) is 2.82. The fourth-order valence-electron chi connectivity index (χ4n) is 2.02. The van der Waals surface area contributed by atoms with E-state index in [0.717, 1.165) is 22.6 Å². The number of nitrogens with one attached hydrogen (secondary N) is 1. The number of carbonyl (C=O) groups is 1. The molecule has 2 rings (SSSR count). The summed E-state index contributed by atoms with van der Waals surface area (Å²) in [6.45, 7) is 0. The molecule has 0 radical (unpaired) electrons. The highest BCUT2D eigenvalue weighted by molar-refractivity contribution is 6.17. The van der Waals surface area contributed by atoms with Crippen LogP contribution in [0.2, 0.25) is 0 Å². The minimum Gasteiger partial charge on any atom is -0.497 e. The second-order valence-electron chi connectivity index (χ2n) is 4.69. The average Bonchev–Trinajstić information content (AvgIpc) is 2.54. The van der Waals surface area contributed by atoms with E-state index in [-0.39, 0.29) is 5.91 Å². The third kappa shape index (κ3) is 4.50.